The van der Waals surface area contributed by atoms with Gasteiger partial charge in [0, 0.05) is 0 Å². The van der Waals surface area contributed by atoms with E-state index in [1.165, 1.54) is 6.92 Å². The van der Waals surface area contributed by atoms with Crippen LogP contribution in [0.2, 0.25) is 0 Å². The highest BCUT2D eigenvalue weighted by Crippen LogP contribution is 2.07. The molecule has 3 N–H and O–H groups in total. The first-order chi connectivity index (χ1) is 6.63. The molecule has 0 spiro atoms. The van der Waals surface area contributed by atoms with Crippen LogP contribution in [0.25, 0.3) is 0 Å². The Labute approximate surface area is 88.2 Å². The fraction of sp³-hybridized carbons (Fsp3) is 0.778. The fourth-order valence-corrected chi connectivity index (χ4v) is 0.786. The Bertz CT molecular complexity index is 245. The van der Waals surface area contributed by atoms with Crippen LogP contribution >= 0.6 is 0 Å². The number of carbonyl (C=O) groups is 2. The lowest BCUT2D eigenvalue weighted by molar-refractivity contribution is -0.147. The minimum absolute atomic E-state index is 0.655. The van der Waals surface area contributed by atoms with E-state index in [-0.39, 0.29) is 0 Å². The van der Waals surface area contributed by atoms with Crippen LogP contribution in [-0.2, 0) is 9.53 Å². The first-order valence-corrected chi connectivity index (χ1v) is 4.54. The Morgan fingerprint density at radius 1 is 1.33 bits per heavy atom. The van der Waals surface area contributed by atoms with Crippen molar-refractivity contribution in [3.63, 3.8) is 0 Å². The lowest BCUT2D eigenvalue weighted by Crippen LogP contribution is -2.46. The molecule has 1 amide bonds. The molecule has 0 saturated carbocycles. The third-order valence-corrected chi connectivity index (χ3v) is 1.47. The van der Waals surface area contributed by atoms with Gasteiger partial charge < -0.3 is 20.3 Å². The van der Waals surface area contributed by atoms with E-state index in [0.29, 0.717) is 0 Å². The summed E-state index contributed by atoms with van der Waals surface area (Å²) in [6.07, 6.45) is -2.40. The molecule has 0 aromatic heterocycles. The molecule has 0 fully saturated rings. The maximum Gasteiger partial charge on any atom is 0.407 e. The van der Waals surface area contributed by atoms with Gasteiger partial charge in [-0.25, -0.2) is 9.59 Å². The summed E-state index contributed by atoms with van der Waals surface area (Å²) in [5, 5.41) is 19.8. The average Bonchev–Trinajstić information content (AvgIpc) is 1.98. The Kier molecular flexibility index (Phi) is 4.54. The van der Waals surface area contributed by atoms with E-state index in [1.807, 2.05) is 0 Å². The molecular formula is C9H17NO5. The third kappa shape index (κ3) is 5.90. The van der Waals surface area contributed by atoms with Gasteiger partial charge in [-0.15, -0.1) is 0 Å². The zero-order valence-corrected chi connectivity index (χ0v) is 9.27. The van der Waals surface area contributed by atoms with E-state index in [1.54, 1.807) is 20.8 Å². The molecule has 0 unspecified atom stereocenters. The molecule has 0 aliphatic carbocycles. The zero-order valence-electron chi connectivity index (χ0n) is 9.27. The number of amides is 1. The first-order valence-electron chi connectivity index (χ1n) is 4.54. The molecule has 15 heavy (non-hydrogen) atoms. The molecule has 0 rings (SSSR count). The highest BCUT2D eigenvalue weighted by molar-refractivity contribution is 5.75. The number of aliphatic carboxylic acids is 1. The monoisotopic (exact) mass is 219 g/mol. The molecule has 0 aromatic carbocycles. The van der Waals surface area contributed by atoms with Gasteiger partial charge in [0.05, 0.1) is 6.04 Å². The summed E-state index contributed by atoms with van der Waals surface area (Å²) in [6.45, 7) is 6.43. The Hall–Kier alpha value is -1.30. The molecule has 0 heterocycles. The van der Waals surface area contributed by atoms with Crippen LogP contribution in [0.3, 0.4) is 0 Å². The van der Waals surface area contributed by atoms with Crippen molar-refractivity contribution in [1.82, 2.24) is 5.32 Å². The second-order valence-electron chi connectivity index (χ2n) is 4.22. The summed E-state index contributed by atoms with van der Waals surface area (Å²) < 4.78 is 4.88. The van der Waals surface area contributed by atoms with Gasteiger partial charge in [0.2, 0.25) is 0 Å². The quantitative estimate of drug-likeness (QED) is 0.636. The van der Waals surface area contributed by atoms with Crippen molar-refractivity contribution >= 4 is 12.1 Å². The number of carboxylic acid groups (broad SMARTS) is 1. The number of carbonyl (C=O) groups excluding carboxylic acids is 1. The van der Waals surface area contributed by atoms with E-state index >= 15 is 0 Å². The molecule has 0 aromatic rings. The van der Waals surface area contributed by atoms with E-state index in [2.05, 4.69) is 5.32 Å². The van der Waals surface area contributed by atoms with Gasteiger partial charge in [0.25, 0.3) is 0 Å². The van der Waals surface area contributed by atoms with Gasteiger partial charge in [-0.3, -0.25) is 0 Å². The van der Waals surface area contributed by atoms with Gasteiger partial charge in [-0.2, -0.15) is 0 Å². The van der Waals surface area contributed by atoms with Crippen molar-refractivity contribution < 1.29 is 24.5 Å². The van der Waals surface area contributed by atoms with Gasteiger partial charge in [0.15, 0.2) is 6.10 Å². The van der Waals surface area contributed by atoms with Crippen LogP contribution in [0, 0.1) is 0 Å². The SMILES string of the molecule is C[C@H](NC(=O)OC(C)(C)C)[C@H](O)C(=O)O. The molecule has 0 aliphatic rings. The summed E-state index contributed by atoms with van der Waals surface area (Å²) in [5.41, 5.74) is -0.655. The van der Waals surface area contributed by atoms with Gasteiger partial charge in [-0.1, -0.05) is 0 Å². The Morgan fingerprint density at radius 3 is 2.13 bits per heavy atom. The van der Waals surface area contributed by atoms with Gasteiger partial charge in [-0.05, 0) is 27.7 Å². The summed E-state index contributed by atoms with van der Waals surface area (Å²) in [5.74, 6) is -1.39. The maximum atomic E-state index is 11.2. The molecular weight excluding hydrogens is 202 g/mol. The van der Waals surface area contributed by atoms with Gasteiger partial charge >= 0.3 is 12.1 Å². The summed E-state index contributed by atoms with van der Waals surface area (Å²) in [6, 6.07) is -0.905. The molecule has 6 heteroatoms. The number of ether oxygens (including phenoxy) is 1. The fourth-order valence-electron chi connectivity index (χ4n) is 0.786. The number of aliphatic hydroxyl groups is 1. The molecule has 0 bridgehead atoms. The normalized spacial score (nSPS) is 15.3. The number of rotatable bonds is 3. The van der Waals surface area contributed by atoms with Crippen LogP contribution in [0.15, 0.2) is 0 Å². The Balaban J connectivity index is 4.13. The highest BCUT2D eigenvalue weighted by Gasteiger charge is 2.25. The molecule has 0 aliphatic heterocycles. The Morgan fingerprint density at radius 2 is 1.80 bits per heavy atom. The number of aliphatic hydroxyl groups excluding tert-OH is 1. The lowest BCUT2D eigenvalue weighted by Gasteiger charge is -2.22. The second kappa shape index (κ2) is 4.97. The van der Waals surface area contributed by atoms with Crippen LogP contribution in [0.5, 0.6) is 0 Å². The topological polar surface area (TPSA) is 95.9 Å². The van der Waals surface area contributed by atoms with E-state index in [9.17, 15) is 9.59 Å². The van der Waals surface area contributed by atoms with Crippen LogP contribution in [-0.4, -0.2) is 40.0 Å². The largest absolute Gasteiger partial charge is 0.479 e. The molecule has 88 valence electrons. The molecule has 2 atom stereocenters. The van der Waals surface area contributed by atoms with E-state index < -0.39 is 29.8 Å². The standard InChI is InChI=1S/C9H17NO5/c1-5(6(11)7(12)13)10-8(14)15-9(2,3)4/h5-6,11H,1-4H3,(H,10,14)(H,12,13)/t5-,6-/m0/s1. The maximum absolute atomic E-state index is 11.2. The van der Waals surface area contributed by atoms with Crippen LogP contribution in [0.4, 0.5) is 4.79 Å². The summed E-state index contributed by atoms with van der Waals surface area (Å²) in [7, 11) is 0. The van der Waals surface area contributed by atoms with Crippen molar-refractivity contribution in [2.75, 3.05) is 0 Å². The lowest BCUT2D eigenvalue weighted by atomic mass is 10.2. The van der Waals surface area contributed by atoms with Gasteiger partial charge in [0.1, 0.15) is 5.60 Å². The van der Waals surface area contributed by atoms with E-state index in [0.717, 1.165) is 0 Å². The van der Waals surface area contributed by atoms with Crippen molar-refractivity contribution in [3.05, 3.63) is 0 Å². The number of carboxylic acids is 1. The van der Waals surface area contributed by atoms with Crippen molar-refractivity contribution in [2.24, 2.45) is 0 Å². The molecule has 6 nitrogen and oxygen atoms in total. The number of hydrogen-bond acceptors (Lipinski definition) is 4. The van der Waals surface area contributed by atoms with Crippen LogP contribution in [0.1, 0.15) is 27.7 Å². The summed E-state index contributed by atoms with van der Waals surface area (Å²) in [4.78, 5) is 21.5. The predicted octanol–water partition coefficient (Wildman–Crippen LogP) is 0.345. The third-order valence-electron chi connectivity index (χ3n) is 1.47. The minimum Gasteiger partial charge on any atom is -0.479 e. The second-order valence-corrected chi connectivity index (χ2v) is 4.22. The van der Waals surface area contributed by atoms with Crippen LogP contribution < -0.4 is 5.32 Å². The predicted molar refractivity (Wildman–Crippen MR) is 52.5 cm³/mol. The smallest absolute Gasteiger partial charge is 0.407 e. The highest BCUT2D eigenvalue weighted by atomic mass is 16.6. The average molecular weight is 219 g/mol. The van der Waals surface area contributed by atoms with Crippen molar-refractivity contribution in [2.45, 2.75) is 45.4 Å². The molecule has 0 saturated heterocycles. The minimum atomic E-state index is -1.64. The first kappa shape index (κ1) is 13.7. The molecule has 0 radical (unpaired) electrons. The van der Waals surface area contributed by atoms with Crippen molar-refractivity contribution in [3.8, 4) is 0 Å². The number of hydrogen-bond donors (Lipinski definition) is 3. The van der Waals surface area contributed by atoms with Crippen molar-refractivity contribution in [1.29, 1.82) is 0 Å². The van der Waals surface area contributed by atoms with E-state index in [4.69, 9.17) is 14.9 Å². The number of alkyl carbamates (subject to hydrolysis) is 1. The zero-order chi connectivity index (χ0) is 12.2. The summed E-state index contributed by atoms with van der Waals surface area (Å²) >= 11 is 0. The number of nitrogens with one attached hydrogen (secondary N) is 1.